The van der Waals surface area contributed by atoms with Gasteiger partial charge in [-0.3, -0.25) is 4.79 Å². The lowest BCUT2D eigenvalue weighted by atomic mass is 10.2. The van der Waals surface area contributed by atoms with Gasteiger partial charge in [0.15, 0.2) is 0 Å². The van der Waals surface area contributed by atoms with E-state index in [2.05, 4.69) is 0 Å². The first-order valence-electron chi connectivity index (χ1n) is 6.37. The number of carbonyl (C=O) groups excluding carboxylic acids is 2. The zero-order valence-electron chi connectivity index (χ0n) is 11.3. The van der Waals surface area contributed by atoms with Crippen molar-refractivity contribution in [3.05, 3.63) is 0 Å². The van der Waals surface area contributed by atoms with Gasteiger partial charge in [-0.1, -0.05) is 0 Å². The maximum absolute atomic E-state index is 12.1. The van der Waals surface area contributed by atoms with Gasteiger partial charge in [-0.15, -0.1) is 0 Å². The van der Waals surface area contributed by atoms with Crippen molar-refractivity contribution in [3.8, 4) is 0 Å². The SMILES string of the molecule is CCOC(=O)CCN(C)C(=O)N1CCC[C@@H]1C(=O)O. The number of urea groups is 1. The quantitative estimate of drug-likeness (QED) is 0.738. The van der Waals surface area contributed by atoms with E-state index in [1.165, 1.54) is 9.80 Å². The van der Waals surface area contributed by atoms with Crippen molar-refractivity contribution < 1.29 is 24.2 Å². The van der Waals surface area contributed by atoms with Crippen molar-refractivity contribution in [3.63, 3.8) is 0 Å². The molecule has 1 rings (SSSR count). The number of carboxylic acids is 1. The highest BCUT2D eigenvalue weighted by Crippen LogP contribution is 2.18. The first-order valence-corrected chi connectivity index (χ1v) is 6.37. The van der Waals surface area contributed by atoms with E-state index in [4.69, 9.17) is 9.84 Å². The summed E-state index contributed by atoms with van der Waals surface area (Å²) in [7, 11) is 1.55. The minimum atomic E-state index is -0.982. The fraction of sp³-hybridized carbons (Fsp3) is 0.750. The lowest BCUT2D eigenvalue weighted by Gasteiger charge is -2.27. The van der Waals surface area contributed by atoms with Crippen LogP contribution in [0.2, 0.25) is 0 Å². The van der Waals surface area contributed by atoms with Gasteiger partial charge in [-0.25, -0.2) is 9.59 Å². The molecule has 0 spiro atoms. The molecule has 1 heterocycles. The van der Waals surface area contributed by atoms with Gasteiger partial charge >= 0.3 is 18.0 Å². The van der Waals surface area contributed by atoms with E-state index < -0.39 is 12.0 Å². The Kier molecular flexibility index (Phi) is 5.59. The number of hydrogen-bond acceptors (Lipinski definition) is 4. The number of aliphatic carboxylic acids is 1. The summed E-state index contributed by atoms with van der Waals surface area (Å²) in [6.07, 6.45) is 1.28. The second kappa shape index (κ2) is 6.96. The van der Waals surface area contributed by atoms with Crippen LogP contribution in [0.3, 0.4) is 0 Å². The lowest BCUT2D eigenvalue weighted by Crippen LogP contribution is -2.47. The third-order valence-corrected chi connectivity index (χ3v) is 3.07. The maximum Gasteiger partial charge on any atom is 0.326 e. The molecule has 1 atom stereocenters. The number of likely N-dealkylation sites (tertiary alicyclic amines) is 1. The molecule has 0 aromatic carbocycles. The van der Waals surface area contributed by atoms with Crippen molar-refractivity contribution in [1.82, 2.24) is 9.80 Å². The Hall–Kier alpha value is -1.79. The molecule has 108 valence electrons. The molecule has 0 bridgehead atoms. The number of amides is 2. The van der Waals surface area contributed by atoms with Crippen molar-refractivity contribution in [1.29, 1.82) is 0 Å². The van der Waals surface area contributed by atoms with Crippen LogP contribution in [-0.2, 0) is 14.3 Å². The molecule has 19 heavy (non-hydrogen) atoms. The molecular formula is C12H20N2O5. The Morgan fingerprint density at radius 3 is 2.68 bits per heavy atom. The summed E-state index contributed by atoms with van der Waals surface area (Å²) in [5.74, 6) is -1.34. The monoisotopic (exact) mass is 272 g/mol. The van der Waals surface area contributed by atoms with Crippen molar-refractivity contribution in [2.75, 3.05) is 26.7 Å². The number of rotatable bonds is 5. The molecule has 0 aromatic rings. The van der Waals surface area contributed by atoms with Gasteiger partial charge in [0, 0.05) is 20.1 Å². The largest absolute Gasteiger partial charge is 0.480 e. The van der Waals surface area contributed by atoms with Crippen LogP contribution in [0.4, 0.5) is 4.79 Å². The molecule has 1 aliphatic rings. The van der Waals surface area contributed by atoms with Crippen LogP contribution in [-0.4, -0.2) is 65.7 Å². The van der Waals surface area contributed by atoms with E-state index in [0.717, 1.165) is 0 Å². The van der Waals surface area contributed by atoms with Crippen LogP contribution in [0, 0.1) is 0 Å². The molecule has 0 saturated carbocycles. The molecule has 7 heteroatoms. The van der Waals surface area contributed by atoms with Gasteiger partial charge < -0.3 is 19.6 Å². The van der Waals surface area contributed by atoms with Crippen molar-refractivity contribution in [2.45, 2.75) is 32.2 Å². The van der Waals surface area contributed by atoms with Gasteiger partial charge in [0.25, 0.3) is 0 Å². The summed E-state index contributed by atoms with van der Waals surface area (Å²) in [6, 6.07) is -1.10. The molecule has 1 saturated heterocycles. The predicted molar refractivity (Wildman–Crippen MR) is 66.6 cm³/mol. The van der Waals surface area contributed by atoms with Gasteiger partial charge in [0.1, 0.15) is 6.04 Å². The number of ether oxygens (including phenoxy) is 1. The Labute approximate surface area is 112 Å². The van der Waals surface area contributed by atoms with Gasteiger partial charge in [0.2, 0.25) is 0 Å². The highest BCUT2D eigenvalue weighted by molar-refractivity contribution is 5.83. The summed E-state index contributed by atoms with van der Waals surface area (Å²) in [5.41, 5.74) is 0. The van der Waals surface area contributed by atoms with Crippen molar-refractivity contribution >= 4 is 18.0 Å². The normalized spacial score (nSPS) is 18.2. The summed E-state index contributed by atoms with van der Waals surface area (Å²) >= 11 is 0. The fourth-order valence-electron chi connectivity index (χ4n) is 2.06. The fourth-order valence-corrected chi connectivity index (χ4v) is 2.06. The van der Waals surface area contributed by atoms with Crippen LogP contribution in [0.5, 0.6) is 0 Å². The van der Waals surface area contributed by atoms with Crippen molar-refractivity contribution in [2.24, 2.45) is 0 Å². The number of hydrogen-bond donors (Lipinski definition) is 1. The van der Waals surface area contributed by atoms with Gasteiger partial charge in [0.05, 0.1) is 13.0 Å². The highest BCUT2D eigenvalue weighted by atomic mass is 16.5. The number of carboxylic acid groups (broad SMARTS) is 1. The standard InChI is InChI=1S/C12H20N2O5/c1-3-19-10(15)6-8-13(2)12(18)14-7-4-5-9(14)11(16)17/h9H,3-8H2,1-2H3,(H,16,17)/t9-/m1/s1. The molecular weight excluding hydrogens is 252 g/mol. The summed E-state index contributed by atoms with van der Waals surface area (Å²) in [5, 5.41) is 9.02. The van der Waals surface area contributed by atoms with Gasteiger partial charge in [-0.2, -0.15) is 0 Å². The number of carbonyl (C=O) groups is 3. The van der Waals surface area contributed by atoms with Crippen LogP contribution < -0.4 is 0 Å². The number of esters is 1. The summed E-state index contributed by atoms with van der Waals surface area (Å²) in [4.78, 5) is 37.0. The third-order valence-electron chi connectivity index (χ3n) is 3.07. The van der Waals surface area contributed by atoms with Gasteiger partial charge in [-0.05, 0) is 19.8 Å². The first kappa shape index (κ1) is 15.3. The number of nitrogens with zero attached hydrogens (tertiary/aromatic N) is 2. The van der Waals surface area contributed by atoms with E-state index in [-0.39, 0.29) is 25.0 Å². The second-order valence-electron chi connectivity index (χ2n) is 4.45. The Bertz CT molecular complexity index is 358. The molecule has 1 N–H and O–H groups in total. The molecule has 7 nitrogen and oxygen atoms in total. The van der Waals surface area contributed by atoms with E-state index in [0.29, 0.717) is 26.0 Å². The Balaban J connectivity index is 2.47. The van der Waals surface area contributed by atoms with E-state index in [1.54, 1.807) is 14.0 Å². The second-order valence-corrected chi connectivity index (χ2v) is 4.45. The minimum Gasteiger partial charge on any atom is -0.480 e. The minimum absolute atomic E-state index is 0.113. The topological polar surface area (TPSA) is 87.2 Å². The smallest absolute Gasteiger partial charge is 0.326 e. The highest BCUT2D eigenvalue weighted by Gasteiger charge is 2.35. The molecule has 2 amide bonds. The van der Waals surface area contributed by atoms with E-state index in [1.807, 2.05) is 0 Å². The average molecular weight is 272 g/mol. The van der Waals surface area contributed by atoms with Crippen LogP contribution >= 0.6 is 0 Å². The molecule has 1 fully saturated rings. The molecule has 0 unspecified atom stereocenters. The first-order chi connectivity index (χ1) is 8.97. The molecule has 0 aliphatic carbocycles. The zero-order valence-corrected chi connectivity index (χ0v) is 11.3. The van der Waals surface area contributed by atoms with E-state index in [9.17, 15) is 14.4 Å². The van der Waals surface area contributed by atoms with E-state index >= 15 is 0 Å². The van der Waals surface area contributed by atoms with Crippen LogP contribution in [0.15, 0.2) is 0 Å². The van der Waals surface area contributed by atoms with Crippen LogP contribution in [0.1, 0.15) is 26.2 Å². The molecule has 0 radical (unpaired) electrons. The van der Waals surface area contributed by atoms with Crippen LogP contribution in [0.25, 0.3) is 0 Å². The Morgan fingerprint density at radius 2 is 2.11 bits per heavy atom. The predicted octanol–water partition coefficient (Wildman–Crippen LogP) is 0.540. The summed E-state index contributed by atoms with van der Waals surface area (Å²) in [6.45, 7) is 2.69. The molecule has 0 aromatic heterocycles. The third kappa shape index (κ3) is 4.11. The summed E-state index contributed by atoms with van der Waals surface area (Å²) < 4.78 is 4.77. The lowest BCUT2D eigenvalue weighted by molar-refractivity contribution is -0.144. The average Bonchev–Trinajstić information content (AvgIpc) is 2.84. The molecule has 1 aliphatic heterocycles. The zero-order chi connectivity index (χ0) is 14.4. The maximum atomic E-state index is 12.1. The Morgan fingerprint density at radius 1 is 1.42 bits per heavy atom.